The van der Waals surface area contributed by atoms with Gasteiger partial charge in [-0.25, -0.2) is 0 Å². The molecule has 4 nitrogen and oxygen atoms in total. The van der Waals surface area contributed by atoms with Crippen molar-refractivity contribution in [2.45, 2.75) is 25.8 Å². The van der Waals surface area contributed by atoms with Gasteiger partial charge in [-0.15, -0.1) is 11.3 Å². The van der Waals surface area contributed by atoms with Gasteiger partial charge in [-0.05, 0) is 40.9 Å². The number of hydrogen-bond donors (Lipinski definition) is 1. The minimum atomic E-state index is -0.860. The summed E-state index contributed by atoms with van der Waals surface area (Å²) in [7, 11) is 0. The fourth-order valence-corrected chi connectivity index (χ4v) is 3.07. The van der Waals surface area contributed by atoms with Gasteiger partial charge in [0.05, 0.1) is 14.6 Å². The highest BCUT2D eigenvalue weighted by Crippen LogP contribution is 2.31. The Kier molecular flexibility index (Phi) is 4.07. The number of aliphatic carboxylic acids is 1. The molecule has 1 aromatic rings. The molecule has 0 bridgehead atoms. The van der Waals surface area contributed by atoms with Crippen LogP contribution in [0.1, 0.15) is 29.4 Å². The largest absolute Gasteiger partial charge is 0.481 e. The van der Waals surface area contributed by atoms with Gasteiger partial charge in [0.1, 0.15) is 0 Å². The Morgan fingerprint density at radius 3 is 2.67 bits per heavy atom. The van der Waals surface area contributed by atoms with Crippen molar-refractivity contribution in [3.8, 4) is 0 Å². The fraction of sp³-hybridized carbons (Fsp3) is 0.500. The Morgan fingerprint density at radius 2 is 2.22 bits per heavy atom. The van der Waals surface area contributed by atoms with Crippen LogP contribution in [0.5, 0.6) is 0 Å². The van der Waals surface area contributed by atoms with Crippen LogP contribution in [0.25, 0.3) is 0 Å². The Bertz CT molecular complexity index is 470. The standard InChI is InChI=1S/C12H14BrNO3S/c1-7(12(16)17)6-14(8-2-3-8)11(15)9-4-5-10(13)18-9/h4-5,7-8H,2-3,6H2,1H3,(H,16,17). The summed E-state index contributed by atoms with van der Waals surface area (Å²) in [5, 5.41) is 8.95. The van der Waals surface area contributed by atoms with Gasteiger partial charge in [-0.2, -0.15) is 0 Å². The Hall–Kier alpha value is -0.880. The number of hydrogen-bond acceptors (Lipinski definition) is 3. The average molecular weight is 332 g/mol. The summed E-state index contributed by atoms with van der Waals surface area (Å²) in [5.74, 6) is -1.44. The summed E-state index contributed by atoms with van der Waals surface area (Å²) in [5.41, 5.74) is 0. The van der Waals surface area contributed by atoms with E-state index in [0.29, 0.717) is 4.88 Å². The lowest BCUT2D eigenvalue weighted by Gasteiger charge is -2.23. The van der Waals surface area contributed by atoms with E-state index in [0.717, 1.165) is 16.6 Å². The van der Waals surface area contributed by atoms with Gasteiger partial charge in [0.25, 0.3) is 5.91 Å². The number of rotatable bonds is 5. The zero-order valence-corrected chi connectivity index (χ0v) is 12.3. The zero-order chi connectivity index (χ0) is 13.3. The molecule has 1 fully saturated rings. The molecule has 0 aromatic carbocycles. The third-order valence-corrected chi connectivity index (χ3v) is 4.54. The van der Waals surface area contributed by atoms with Gasteiger partial charge >= 0.3 is 5.97 Å². The van der Waals surface area contributed by atoms with Gasteiger partial charge in [0, 0.05) is 12.6 Å². The first-order chi connectivity index (χ1) is 8.49. The monoisotopic (exact) mass is 331 g/mol. The molecule has 1 saturated carbocycles. The molecule has 1 amide bonds. The summed E-state index contributed by atoms with van der Waals surface area (Å²) < 4.78 is 0.910. The van der Waals surface area contributed by atoms with E-state index in [4.69, 9.17) is 5.11 Å². The number of halogens is 1. The number of carboxylic acids is 1. The molecule has 1 atom stereocenters. The van der Waals surface area contributed by atoms with E-state index in [1.807, 2.05) is 6.07 Å². The third-order valence-electron chi connectivity index (χ3n) is 2.92. The van der Waals surface area contributed by atoms with Crippen LogP contribution in [0.3, 0.4) is 0 Å². The SMILES string of the molecule is CC(CN(C(=O)c1ccc(Br)s1)C1CC1)C(=O)O. The number of carbonyl (C=O) groups excluding carboxylic acids is 1. The minimum Gasteiger partial charge on any atom is -0.481 e. The van der Waals surface area contributed by atoms with Gasteiger partial charge in [-0.1, -0.05) is 6.92 Å². The molecule has 1 unspecified atom stereocenters. The summed E-state index contributed by atoms with van der Waals surface area (Å²) in [6.45, 7) is 1.92. The van der Waals surface area contributed by atoms with E-state index in [1.54, 1.807) is 17.9 Å². The number of amides is 1. The fourth-order valence-electron chi connectivity index (χ4n) is 1.73. The highest BCUT2D eigenvalue weighted by atomic mass is 79.9. The van der Waals surface area contributed by atoms with Crippen LogP contribution in [-0.2, 0) is 4.79 Å². The molecule has 2 rings (SSSR count). The Morgan fingerprint density at radius 1 is 1.56 bits per heavy atom. The maximum absolute atomic E-state index is 12.3. The van der Waals surface area contributed by atoms with Crippen molar-refractivity contribution >= 4 is 39.1 Å². The van der Waals surface area contributed by atoms with E-state index in [1.165, 1.54) is 11.3 Å². The van der Waals surface area contributed by atoms with Crippen LogP contribution < -0.4 is 0 Å². The maximum atomic E-state index is 12.3. The van der Waals surface area contributed by atoms with Gasteiger partial charge in [0.2, 0.25) is 0 Å². The second kappa shape index (κ2) is 5.40. The van der Waals surface area contributed by atoms with Gasteiger partial charge in [-0.3, -0.25) is 9.59 Å². The molecular formula is C12H14BrNO3S. The topological polar surface area (TPSA) is 57.6 Å². The molecule has 0 spiro atoms. The quantitative estimate of drug-likeness (QED) is 0.902. The lowest BCUT2D eigenvalue weighted by Crippen LogP contribution is -2.38. The molecule has 0 radical (unpaired) electrons. The maximum Gasteiger partial charge on any atom is 0.308 e. The van der Waals surface area contributed by atoms with Crippen LogP contribution in [0, 0.1) is 5.92 Å². The molecule has 98 valence electrons. The molecule has 6 heteroatoms. The van der Waals surface area contributed by atoms with E-state index >= 15 is 0 Å². The second-order valence-electron chi connectivity index (χ2n) is 4.53. The van der Waals surface area contributed by atoms with Crippen molar-refractivity contribution in [1.82, 2.24) is 4.90 Å². The molecule has 1 N–H and O–H groups in total. The van der Waals surface area contributed by atoms with Crippen molar-refractivity contribution in [3.63, 3.8) is 0 Å². The summed E-state index contributed by atoms with van der Waals surface area (Å²) >= 11 is 4.71. The van der Waals surface area contributed by atoms with E-state index in [-0.39, 0.29) is 18.5 Å². The highest BCUT2D eigenvalue weighted by molar-refractivity contribution is 9.11. The van der Waals surface area contributed by atoms with Gasteiger partial charge in [0.15, 0.2) is 0 Å². The first kappa shape index (κ1) is 13.5. The van der Waals surface area contributed by atoms with Crippen molar-refractivity contribution in [2.75, 3.05) is 6.54 Å². The van der Waals surface area contributed by atoms with Crippen molar-refractivity contribution < 1.29 is 14.7 Å². The van der Waals surface area contributed by atoms with Crippen molar-refractivity contribution in [1.29, 1.82) is 0 Å². The average Bonchev–Trinajstić information content (AvgIpc) is 3.07. The lowest BCUT2D eigenvalue weighted by molar-refractivity contribution is -0.141. The van der Waals surface area contributed by atoms with Crippen molar-refractivity contribution in [3.05, 3.63) is 20.8 Å². The van der Waals surface area contributed by atoms with E-state index in [9.17, 15) is 9.59 Å². The molecular weight excluding hydrogens is 318 g/mol. The highest BCUT2D eigenvalue weighted by Gasteiger charge is 2.35. The van der Waals surface area contributed by atoms with Crippen LogP contribution in [0.15, 0.2) is 15.9 Å². The summed E-state index contributed by atoms with van der Waals surface area (Å²) in [6, 6.07) is 3.83. The molecule has 1 aliphatic rings. The van der Waals surface area contributed by atoms with Crippen LogP contribution in [0.2, 0.25) is 0 Å². The molecule has 18 heavy (non-hydrogen) atoms. The van der Waals surface area contributed by atoms with Crippen LogP contribution in [0.4, 0.5) is 0 Å². The Balaban J connectivity index is 2.10. The van der Waals surface area contributed by atoms with Crippen molar-refractivity contribution in [2.24, 2.45) is 5.92 Å². The van der Waals surface area contributed by atoms with E-state index < -0.39 is 11.9 Å². The molecule has 1 heterocycles. The predicted molar refractivity (Wildman–Crippen MR) is 72.9 cm³/mol. The number of thiophene rings is 1. The normalized spacial score (nSPS) is 16.3. The predicted octanol–water partition coefficient (Wildman–Crippen LogP) is 2.84. The lowest BCUT2D eigenvalue weighted by atomic mass is 10.1. The Labute approximate surface area is 118 Å². The number of carbonyl (C=O) groups is 2. The molecule has 1 aliphatic carbocycles. The first-order valence-electron chi connectivity index (χ1n) is 5.78. The molecule has 0 aliphatic heterocycles. The summed E-state index contributed by atoms with van der Waals surface area (Å²) in [6.07, 6.45) is 1.95. The minimum absolute atomic E-state index is 0.0544. The van der Waals surface area contributed by atoms with Crippen LogP contribution >= 0.6 is 27.3 Å². The second-order valence-corrected chi connectivity index (χ2v) is 6.99. The number of carboxylic acid groups (broad SMARTS) is 1. The summed E-state index contributed by atoms with van der Waals surface area (Å²) in [4.78, 5) is 25.6. The third kappa shape index (κ3) is 3.11. The molecule has 1 aromatic heterocycles. The van der Waals surface area contributed by atoms with E-state index in [2.05, 4.69) is 15.9 Å². The van der Waals surface area contributed by atoms with Crippen LogP contribution in [-0.4, -0.2) is 34.5 Å². The first-order valence-corrected chi connectivity index (χ1v) is 7.39. The smallest absolute Gasteiger partial charge is 0.308 e. The van der Waals surface area contributed by atoms with Gasteiger partial charge < -0.3 is 10.0 Å². The number of nitrogens with zero attached hydrogens (tertiary/aromatic N) is 1. The molecule has 0 saturated heterocycles. The zero-order valence-electron chi connectivity index (χ0n) is 9.93.